The van der Waals surface area contributed by atoms with Crippen LogP contribution in [0.2, 0.25) is 0 Å². The van der Waals surface area contributed by atoms with E-state index in [9.17, 15) is 24.3 Å². The molecule has 0 aliphatic heterocycles. The summed E-state index contributed by atoms with van der Waals surface area (Å²) in [5.74, 6) is -2.03. The Balaban J connectivity index is 1.83. The molecular formula is C33H44N6O5. The Bertz CT molecular complexity index is 1440. The van der Waals surface area contributed by atoms with Gasteiger partial charge in [0.25, 0.3) is 5.91 Å². The zero-order valence-corrected chi connectivity index (χ0v) is 26.0. The molecule has 6 N–H and O–H groups in total. The Morgan fingerprint density at radius 3 is 2.20 bits per heavy atom. The van der Waals surface area contributed by atoms with Crippen molar-refractivity contribution in [3.05, 3.63) is 78.0 Å². The fourth-order valence-corrected chi connectivity index (χ4v) is 4.70. The molecule has 0 fully saturated rings. The lowest BCUT2D eigenvalue weighted by Gasteiger charge is -2.34. The number of carbonyl (C=O) groups is 4. The Morgan fingerprint density at radius 1 is 0.909 bits per heavy atom. The molecule has 0 saturated heterocycles. The third-order valence-corrected chi connectivity index (χ3v) is 6.71. The second-order valence-corrected chi connectivity index (χ2v) is 12.4. The Morgan fingerprint density at radius 2 is 1.57 bits per heavy atom. The molecule has 5 amide bonds. The van der Waals surface area contributed by atoms with Crippen LogP contribution in [0.1, 0.15) is 57.1 Å². The number of urea groups is 1. The van der Waals surface area contributed by atoms with Crippen LogP contribution in [0.15, 0.2) is 66.7 Å². The minimum Gasteiger partial charge on any atom is -0.389 e. The van der Waals surface area contributed by atoms with E-state index in [1.165, 1.54) is 11.0 Å². The van der Waals surface area contributed by atoms with Gasteiger partial charge in [-0.1, -0.05) is 68.4 Å². The van der Waals surface area contributed by atoms with Crippen molar-refractivity contribution in [2.75, 3.05) is 13.1 Å². The number of hydrogen-bond acceptors (Lipinski definition) is 6. The Kier molecular flexibility index (Phi) is 11.8. The maximum absolute atomic E-state index is 13.6. The van der Waals surface area contributed by atoms with Crippen LogP contribution in [0.25, 0.3) is 10.9 Å². The zero-order valence-electron chi connectivity index (χ0n) is 26.0. The molecule has 1 aromatic heterocycles. The van der Waals surface area contributed by atoms with Crippen molar-refractivity contribution in [3.8, 4) is 0 Å². The van der Waals surface area contributed by atoms with E-state index in [1.807, 2.05) is 77.1 Å². The smallest absolute Gasteiger partial charge is 0.317 e. The lowest BCUT2D eigenvalue weighted by Crippen LogP contribution is -2.57. The molecular weight excluding hydrogens is 560 g/mol. The molecule has 0 aliphatic rings. The van der Waals surface area contributed by atoms with Crippen LogP contribution in [-0.4, -0.2) is 75.6 Å². The molecule has 11 heteroatoms. The number of para-hydroxylation sites is 1. The molecule has 3 rings (SSSR count). The number of aliphatic hydroxyl groups excluding tert-OH is 1. The zero-order chi connectivity index (χ0) is 32.4. The molecule has 11 nitrogen and oxygen atoms in total. The summed E-state index contributed by atoms with van der Waals surface area (Å²) in [5, 5.41) is 20.6. The van der Waals surface area contributed by atoms with Crippen LogP contribution in [-0.2, 0) is 16.0 Å². The van der Waals surface area contributed by atoms with Crippen LogP contribution >= 0.6 is 0 Å². The first kappa shape index (κ1) is 34.0. The average molecular weight is 605 g/mol. The van der Waals surface area contributed by atoms with E-state index >= 15 is 0 Å². The van der Waals surface area contributed by atoms with Gasteiger partial charge in [-0.05, 0) is 50.8 Å². The highest BCUT2D eigenvalue weighted by Crippen LogP contribution is 2.14. The summed E-state index contributed by atoms with van der Waals surface area (Å²) in [5.41, 5.74) is 6.46. The topological polar surface area (TPSA) is 167 Å². The summed E-state index contributed by atoms with van der Waals surface area (Å²) >= 11 is 0. The number of amides is 5. The second kappa shape index (κ2) is 15.3. The lowest BCUT2D eigenvalue weighted by atomic mass is 9.99. The Hall–Kier alpha value is -4.51. The predicted molar refractivity (Wildman–Crippen MR) is 170 cm³/mol. The summed E-state index contributed by atoms with van der Waals surface area (Å²) in [6.07, 6.45) is -1.42. The molecule has 0 radical (unpaired) electrons. The molecule has 44 heavy (non-hydrogen) atoms. The van der Waals surface area contributed by atoms with Crippen molar-refractivity contribution in [1.29, 1.82) is 0 Å². The van der Waals surface area contributed by atoms with Crippen molar-refractivity contribution < 1.29 is 24.3 Å². The molecule has 0 saturated carbocycles. The van der Waals surface area contributed by atoms with Crippen LogP contribution in [0, 0.1) is 5.92 Å². The maximum atomic E-state index is 13.6. The molecule has 0 bridgehead atoms. The van der Waals surface area contributed by atoms with Crippen LogP contribution in [0.5, 0.6) is 0 Å². The first-order valence-corrected chi connectivity index (χ1v) is 14.8. The standard InChI is InChI=1S/C33H44N6O5/c1-21(2)19-39(32(44)38-33(3,4)5)20-28(40)26(17-22-11-7-6-8-12-22)36-31(43)27(18-29(34)41)37-30(42)25-16-15-23-13-9-10-14-24(23)35-25/h6-16,21,26-28,40H,17-20H2,1-5H3,(H2,34,41)(H,36,43)(H,37,42)(H,38,44)/t26-,27?,28?/m0/s1. The summed E-state index contributed by atoms with van der Waals surface area (Å²) in [6, 6.07) is 17.3. The van der Waals surface area contributed by atoms with Gasteiger partial charge in [0.15, 0.2) is 0 Å². The number of nitrogens with zero attached hydrogens (tertiary/aromatic N) is 2. The number of rotatable bonds is 13. The molecule has 0 spiro atoms. The van der Waals surface area contributed by atoms with Gasteiger partial charge >= 0.3 is 6.03 Å². The van der Waals surface area contributed by atoms with Crippen LogP contribution in [0.3, 0.4) is 0 Å². The second-order valence-electron chi connectivity index (χ2n) is 12.4. The van der Waals surface area contributed by atoms with E-state index in [0.717, 1.165) is 10.9 Å². The molecule has 0 aliphatic carbocycles. The highest BCUT2D eigenvalue weighted by atomic mass is 16.3. The largest absolute Gasteiger partial charge is 0.389 e. The lowest BCUT2D eigenvalue weighted by molar-refractivity contribution is -0.128. The molecule has 1 heterocycles. The van der Waals surface area contributed by atoms with E-state index in [4.69, 9.17) is 5.73 Å². The van der Waals surface area contributed by atoms with Gasteiger partial charge in [0.05, 0.1) is 30.6 Å². The number of aliphatic hydroxyl groups is 1. The summed E-state index contributed by atoms with van der Waals surface area (Å²) in [4.78, 5) is 57.7. The van der Waals surface area contributed by atoms with Crippen molar-refractivity contribution in [2.24, 2.45) is 11.7 Å². The fraction of sp³-hybridized carbons (Fsp3) is 0.424. The van der Waals surface area contributed by atoms with Gasteiger partial charge in [0.1, 0.15) is 11.7 Å². The Labute approximate surface area is 258 Å². The van der Waals surface area contributed by atoms with Gasteiger partial charge in [0, 0.05) is 17.5 Å². The highest BCUT2D eigenvalue weighted by molar-refractivity contribution is 5.99. The fourth-order valence-electron chi connectivity index (χ4n) is 4.70. The van der Waals surface area contributed by atoms with E-state index in [2.05, 4.69) is 20.9 Å². The number of carbonyl (C=O) groups excluding carboxylic acids is 4. The quantitative estimate of drug-likeness (QED) is 0.201. The summed E-state index contributed by atoms with van der Waals surface area (Å²) in [7, 11) is 0. The van der Waals surface area contributed by atoms with Gasteiger partial charge in [-0.3, -0.25) is 14.4 Å². The number of hydrogen-bond donors (Lipinski definition) is 5. The molecule has 3 atom stereocenters. The third-order valence-electron chi connectivity index (χ3n) is 6.71. The first-order valence-electron chi connectivity index (χ1n) is 14.8. The number of primary amides is 1. The van der Waals surface area contributed by atoms with Gasteiger partial charge in [-0.25, -0.2) is 9.78 Å². The third kappa shape index (κ3) is 10.6. The van der Waals surface area contributed by atoms with E-state index < -0.39 is 47.9 Å². The monoisotopic (exact) mass is 604 g/mol. The normalized spacial score (nSPS) is 13.5. The number of benzene rings is 2. The minimum absolute atomic E-state index is 0.0638. The molecule has 2 unspecified atom stereocenters. The molecule has 236 valence electrons. The van der Waals surface area contributed by atoms with Crippen molar-refractivity contribution in [2.45, 2.75) is 71.2 Å². The van der Waals surface area contributed by atoms with Gasteiger partial charge in [-0.15, -0.1) is 0 Å². The SMILES string of the molecule is CC(C)CN(CC(O)[C@H](Cc1ccccc1)NC(=O)C(CC(N)=O)NC(=O)c1ccc2ccccc2n1)C(=O)NC(C)(C)C. The van der Waals surface area contributed by atoms with Crippen LogP contribution < -0.4 is 21.7 Å². The van der Waals surface area contributed by atoms with Gasteiger partial charge in [0.2, 0.25) is 11.8 Å². The number of aromatic nitrogens is 1. The van der Waals surface area contributed by atoms with Crippen LogP contribution in [0.4, 0.5) is 4.79 Å². The minimum atomic E-state index is -1.32. The predicted octanol–water partition coefficient (Wildman–Crippen LogP) is 2.76. The number of pyridine rings is 1. The summed E-state index contributed by atoms with van der Waals surface area (Å²) < 4.78 is 0. The first-order chi connectivity index (χ1) is 20.7. The number of nitrogens with one attached hydrogen (secondary N) is 3. The highest BCUT2D eigenvalue weighted by Gasteiger charge is 2.31. The summed E-state index contributed by atoms with van der Waals surface area (Å²) in [6.45, 7) is 9.86. The average Bonchev–Trinajstić information content (AvgIpc) is 2.94. The van der Waals surface area contributed by atoms with E-state index in [-0.39, 0.29) is 30.6 Å². The van der Waals surface area contributed by atoms with Gasteiger partial charge in [-0.2, -0.15) is 0 Å². The van der Waals surface area contributed by atoms with Gasteiger partial charge < -0.3 is 31.7 Å². The number of nitrogens with two attached hydrogens (primary N) is 1. The molecule has 2 aromatic carbocycles. The maximum Gasteiger partial charge on any atom is 0.317 e. The van der Waals surface area contributed by atoms with E-state index in [1.54, 1.807) is 18.2 Å². The van der Waals surface area contributed by atoms with Crippen molar-refractivity contribution in [1.82, 2.24) is 25.8 Å². The molecule has 3 aromatic rings. The van der Waals surface area contributed by atoms with Crippen molar-refractivity contribution >= 4 is 34.7 Å². The van der Waals surface area contributed by atoms with E-state index in [0.29, 0.717) is 12.1 Å². The number of fused-ring (bicyclic) bond motifs is 1. The van der Waals surface area contributed by atoms with Crippen molar-refractivity contribution in [3.63, 3.8) is 0 Å².